The zero-order chi connectivity index (χ0) is 10.4. The first-order chi connectivity index (χ1) is 6.75. The van der Waals surface area contributed by atoms with E-state index >= 15 is 0 Å². The summed E-state index contributed by atoms with van der Waals surface area (Å²) in [6.45, 7) is 7.41. The highest BCUT2D eigenvalue weighted by Crippen LogP contribution is 2.13. The third-order valence-electron chi connectivity index (χ3n) is 1.85. The van der Waals surface area contributed by atoms with Crippen LogP contribution in [0.1, 0.15) is 5.82 Å². The van der Waals surface area contributed by atoms with E-state index in [1.165, 1.54) is 0 Å². The summed E-state index contributed by atoms with van der Waals surface area (Å²) >= 11 is 1.71. The van der Waals surface area contributed by atoms with Gasteiger partial charge < -0.3 is 9.88 Å². The van der Waals surface area contributed by atoms with Gasteiger partial charge in [0.2, 0.25) is 0 Å². The average molecular weight is 212 g/mol. The van der Waals surface area contributed by atoms with E-state index in [0.717, 1.165) is 29.8 Å². The first-order valence-corrected chi connectivity index (χ1v) is 5.54. The second-order valence-corrected chi connectivity index (χ2v) is 3.99. The van der Waals surface area contributed by atoms with Gasteiger partial charge in [0.1, 0.15) is 5.82 Å². The summed E-state index contributed by atoms with van der Waals surface area (Å²) in [4.78, 5) is 0. The lowest BCUT2D eigenvalue weighted by Crippen LogP contribution is -2.16. The van der Waals surface area contributed by atoms with Crippen LogP contribution in [0.4, 0.5) is 0 Å². The van der Waals surface area contributed by atoms with Crippen LogP contribution in [0.5, 0.6) is 0 Å². The summed E-state index contributed by atoms with van der Waals surface area (Å²) in [6, 6.07) is 0. The Morgan fingerprint density at radius 1 is 1.57 bits per heavy atom. The molecule has 0 aliphatic heterocycles. The molecule has 0 aliphatic carbocycles. The molecular formula is C9H16N4S. The molecule has 0 aromatic carbocycles. The van der Waals surface area contributed by atoms with E-state index in [-0.39, 0.29) is 0 Å². The number of aromatic nitrogens is 3. The van der Waals surface area contributed by atoms with Crippen molar-refractivity contribution in [3.63, 3.8) is 0 Å². The highest BCUT2D eigenvalue weighted by Gasteiger charge is 2.03. The maximum absolute atomic E-state index is 4.06. The highest BCUT2D eigenvalue weighted by atomic mass is 32.2. The number of nitrogens with one attached hydrogen (secondary N) is 1. The zero-order valence-corrected chi connectivity index (χ0v) is 9.47. The van der Waals surface area contributed by atoms with E-state index in [1.807, 2.05) is 24.6 Å². The minimum absolute atomic E-state index is 0.860. The predicted molar refractivity (Wildman–Crippen MR) is 59.5 cm³/mol. The smallest absolute Gasteiger partial charge is 0.190 e. The summed E-state index contributed by atoms with van der Waals surface area (Å²) < 4.78 is 2.00. The van der Waals surface area contributed by atoms with Gasteiger partial charge in [-0.2, -0.15) is 0 Å². The number of aryl methyl sites for hydroxylation is 1. The number of rotatable bonds is 6. The normalized spacial score (nSPS) is 10.4. The van der Waals surface area contributed by atoms with E-state index in [4.69, 9.17) is 0 Å². The van der Waals surface area contributed by atoms with Crippen molar-refractivity contribution in [3.05, 3.63) is 18.5 Å². The van der Waals surface area contributed by atoms with Gasteiger partial charge in [0.05, 0.1) is 0 Å². The summed E-state index contributed by atoms with van der Waals surface area (Å²) in [5.41, 5.74) is 0. The standard InChI is InChI=1S/C9H16N4S/c1-4-5-10-6-7-14-9-12-11-8(2)13(9)3/h4,10H,1,5-7H2,2-3H3. The number of hydrogen-bond donors (Lipinski definition) is 1. The maximum Gasteiger partial charge on any atom is 0.190 e. The fourth-order valence-corrected chi connectivity index (χ4v) is 1.79. The van der Waals surface area contributed by atoms with Gasteiger partial charge in [-0.25, -0.2) is 0 Å². The summed E-state index contributed by atoms with van der Waals surface area (Å²) in [5.74, 6) is 1.95. The van der Waals surface area contributed by atoms with Crippen LogP contribution in [0, 0.1) is 6.92 Å². The molecule has 0 bridgehead atoms. The van der Waals surface area contributed by atoms with Gasteiger partial charge in [0, 0.05) is 25.9 Å². The SMILES string of the molecule is C=CCNCCSc1nnc(C)n1C. The Bertz CT molecular complexity index is 295. The Kier molecular flexibility index (Phi) is 4.69. The Morgan fingerprint density at radius 2 is 2.36 bits per heavy atom. The largest absolute Gasteiger partial charge is 0.312 e. The molecule has 4 nitrogen and oxygen atoms in total. The first-order valence-electron chi connectivity index (χ1n) is 4.56. The molecular weight excluding hydrogens is 196 g/mol. The lowest BCUT2D eigenvalue weighted by atomic mass is 10.6. The lowest BCUT2D eigenvalue weighted by Gasteiger charge is -2.01. The number of thioether (sulfide) groups is 1. The minimum atomic E-state index is 0.860. The molecule has 0 aliphatic rings. The van der Waals surface area contributed by atoms with Crippen LogP contribution in [0.2, 0.25) is 0 Å². The maximum atomic E-state index is 4.06. The Morgan fingerprint density at radius 3 is 2.93 bits per heavy atom. The van der Waals surface area contributed by atoms with Crippen molar-refractivity contribution < 1.29 is 0 Å². The molecule has 0 unspecified atom stereocenters. The van der Waals surface area contributed by atoms with Crippen LogP contribution in [0.3, 0.4) is 0 Å². The van der Waals surface area contributed by atoms with Gasteiger partial charge in [0.15, 0.2) is 5.16 Å². The number of nitrogens with zero attached hydrogens (tertiary/aromatic N) is 3. The Hall–Kier alpha value is -0.810. The molecule has 0 fully saturated rings. The fourth-order valence-electron chi connectivity index (χ4n) is 0.932. The molecule has 1 rings (SSSR count). The van der Waals surface area contributed by atoms with Gasteiger partial charge in [0.25, 0.3) is 0 Å². The van der Waals surface area contributed by atoms with Crippen LogP contribution < -0.4 is 5.32 Å². The van der Waals surface area contributed by atoms with Crippen molar-refractivity contribution in [3.8, 4) is 0 Å². The lowest BCUT2D eigenvalue weighted by molar-refractivity contribution is 0.760. The van der Waals surface area contributed by atoms with Crippen molar-refractivity contribution in [2.75, 3.05) is 18.8 Å². The van der Waals surface area contributed by atoms with Crippen LogP contribution >= 0.6 is 11.8 Å². The topological polar surface area (TPSA) is 42.7 Å². The van der Waals surface area contributed by atoms with Crippen molar-refractivity contribution in [1.82, 2.24) is 20.1 Å². The molecule has 78 valence electrons. The molecule has 0 spiro atoms. The van der Waals surface area contributed by atoms with E-state index in [1.54, 1.807) is 11.8 Å². The van der Waals surface area contributed by atoms with Gasteiger partial charge in [-0.15, -0.1) is 16.8 Å². The molecule has 1 aromatic heterocycles. The van der Waals surface area contributed by atoms with Crippen LogP contribution in [0.15, 0.2) is 17.8 Å². The fraction of sp³-hybridized carbons (Fsp3) is 0.556. The second-order valence-electron chi connectivity index (χ2n) is 2.93. The van der Waals surface area contributed by atoms with Crippen molar-refractivity contribution in [2.45, 2.75) is 12.1 Å². The van der Waals surface area contributed by atoms with Crippen LogP contribution in [-0.4, -0.2) is 33.6 Å². The van der Waals surface area contributed by atoms with E-state index < -0.39 is 0 Å². The molecule has 1 aromatic rings. The average Bonchev–Trinajstić information content (AvgIpc) is 2.49. The molecule has 1 heterocycles. The Balaban J connectivity index is 2.24. The molecule has 14 heavy (non-hydrogen) atoms. The van der Waals surface area contributed by atoms with Crippen LogP contribution in [0.25, 0.3) is 0 Å². The van der Waals surface area contributed by atoms with Gasteiger partial charge in [-0.3, -0.25) is 0 Å². The Labute approximate surface area is 88.8 Å². The zero-order valence-electron chi connectivity index (χ0n) is 8.66. The van der Waals surface area contributed by atoms with Crippen molar-refractivity contribution >= 4 is 11.8 Å². The number of hydrogen-bond acceptors (Lipinski definition) is 4. The van der Waals surface area contributed by atoms with Crippen LogP contribution in [-0.2, 0) is 7.05 Å². The monoisotopic (exact) mass is 212 g/mol. The molecule has 0 saturated carbocycles. The molecule has 0 radical (unpaired) electrons. The summed E-state index contributed by atoms with van der Waals surface area (Å²) in [5, 5.41) is 12.3. The van der Waals surface area contributed by atoms with Gasteiger partial charge >= 0.3 is 0 Å². The van der Waals surface area contributed by atoms with Gasteiger partial charge in [-0.05, 0) is 6.92 Å². The first kappa shape index (κ1) is 11.3. The molecule has 0 atom stereocenters. The molecule has 0 saturated heterocycles. The third kappa shape index (κ3) is 3.16. The van der Waals surface area contributed by atoms with E-state index in [0.29, 0.717) is 0 Å². The summed E-state index contributed by atoms with van der Waals surface area (Å²) in [7, 11) is 1.98. The molecule has 0 amide bonds. The second kappa shape index (κ2) is 5.82. The van der Waals surface area contributed by atoms with E-state index in [2.05, 4.69) is 22.1 Å². The highest BCUT2D eigenvalue weighted by molar-refractivity contribution is 7.99. The van der Waals surface area contributed by atoms with Crippen molar-refractivity contribution in [1.29, 1.82) is 0 Å². The van der Waals surface area contributed by atoms with Crippen molar-refractivity contribution in [2.24, 2.45) is 7.05 Å². The summed E-state index contributed by atoms with van der Waals surface area (Å²) in [6.07, 6.45) is 1.86. The van der Waals surface area contributed by atoms with Gasteiger partial charge in [-0.1, -0.05) is 17.8 Å². The molecule has 5 heteroatoms. The third-order valence-corrected chi connectivity index (χ3v) is 2.87. The quantitative estimate of drug-likeness (QED) is 0.434. The minimum Gasteiger partial charge on any atom is -0.312 e. The van der Waals surface area contributed by atoms with E-state index in [9.17, 15) is 0 Å². The predicted octanol–water partition coefficient (Wildman–Crippen LogP) is 0.991. The molecule has 1 N–H and O–H groups in total.